The fraction of sp³-hybridized carbons (Fsp3) is 0.190. The Balaban J connectivity index is 1.11. The summed E-state index contributed by atoms with van der Waals surface area (Å²) >= 11 is 3.37. The van der Waals surface area contributed by atoms with E-state index in [-0.39, 0.29) is 13.2 Å². The number of benzene rings is 4. The Hall–Kier alpha value is -5.28. The lowest BCUT2D eigenvalue weighted by atomic mass is 10.0. The molecule has 50 heavy (non-hydrogen) atoms. The number of hydrogen-bond donors (Lipinski definition) is 2. The smallest absolute Gasteiger partial charge is 0.341 e. The Morgan fingerprint density at radius 3 is 1.82 bits per heavy atom. The van der Waals surface area contributed by atoms with Gasteiger partial charge < -0.3 is 19.7 Å². The molecular weight excluding hydrogens is 665 g/mol. The van der Waals surface area contributed by atoms with Crippen LogP contribution in [0, 0.1) is 37.5 Å². The number of rotatable bonds is 12. The van der Waals surface area contributed by atoms with Crippen LogP contribution in [-0.2, 0) is 16.0 Å². The molecule has 252 valence electrons. The number of carboxylic acids is 2. The lowest BCUT2D eigenvalue weighted by molar-refractivity contribution is -0.140. The molecule has 0 atom stereocenters. The molecule has 0 fully saturated rings. The summed E-state index contributed by atoms with van der Waals surface area (Å²) < 4.78 is 10.6. The second kappa shape index (κ2) is 17.4. The average Bonchev–Trinajstić information content (AvgIpc) is 3.45. The number of aliphatic carboxylic acids is 2. The maximum absolute atomic E-state index is 10.8. The molecule has 0 aliphatic heterocycles. The number of aryl methyl sites for hydroxylation is 2. The van der Waals surface area contributed by atoms with Crippen molar-refractivity contribution in [3.05, 3.63) is 130 Å². The molecule has 0 amide bonds. The van der Waals surface area contributed by atoms with Crippen LogP contribution in [0.5, 0.6) is 11.5 Å². The number of allylic oxidation sites excluding steroid dienone is 2. The molecule has 0 saturated heterocycles. The van der Waals surface area contributed by atoms with Gasteiger partial charge in [-0.15, -0.1) is 23.5 Å². The van der Waals surface area contributed by atoms with Gasteiger partial charge in [0.1, 0.15) is 11.5 Å². The van der Waals surface area contributed by atoms with Gasteiger partial charge in [0.15, 0.2) is 13.2 Å². The van der Waals surface area contributed by atoms with Gasteiger partial charge in [-0.1, -0.05) is 48.0 Å². The fourth-order valence-corrected chi connectivity index (χ4v) is 7.01. The van der Waals surface area contributed by atoms with Crippen molar-refractivity contribution < 1.29 is 29.3 Å². The van der Waals surface area contributed by atoms with Crippen LogP contribution in [0.3, 0.4) is 0 Å². The highest BCUT2D eigenvalue weighted by Crippen LogP contribution is 2.37. The van der Waals surface area contributed by atoms with E-state index in [0.717, 1.165) is 55.5 Å². The molecule has 1 aliphatic carbocycles. The maximum atomic E-state index is 10.8. The second-order valence-electron chi connectivity index (χ2n) is 11.6. The van der Waals surface area contributed by atoms with Crippen LogP contribution in [0.1, 0.15) is 40.3 Å². The molecule has 0 saturated carbocycles. The predicted octanol–water partition coefficient (Wildman–Crippen LogP) is 8.59. The lowest BCUT2D eigenvalue weighted by Crippen LogP contribution is -2.09. The molecule has 2 N–H and O–H groups in total. The van der Waals surface area contributed by atoms with Gasteiger partial charge in [-0.3, -0.25) is 0 Å². The minimum atomic E-state index is -0.993. The van der Waals surface area contributed by atoms with Crippen LogP contribution in [0.2, 0.25) is 0 Å². The van der Waals surface area contributed by atoms with E-state index < -0.39 is 11.9 Å². The van der Waals surface area contributed by atoms with Crippen molar-refractivity contribution in [1.82, 2.24) is 0 Å². The van der Waals surface area contributed by atoms with E-state index in [1.807, 2.05) is 63.3 Å². The molecule has 0 radical (unpaired) electrons. The van der Waals surface area contributed by atoms with E-state index in [9.17, 15) is 9.59 Å². The van der Waals surface area contributed by atoms with Crippen LogP contribution in [0.4, 0.5) is 0 Å². The number of carboxylic acid groups (broad SMARTS) is 2. The molecule has 6 nitrogen and oxygen atoms in total. The number of thioether (sulfide) groups is 2. The summed E-state index contributed by atoms with van der Waals surface area (Å²) in [6.45, 7) is 5.14. The molecule has 4 aromatic rings. The predicted molar refractivity (Wildman–Crippen MR) is 201 cm³/mol. The number of carbonyl (C=O) groups is 2. The minimum Gasteiger partial charge on any atom is -0.482 e. The van der Waals surface area contributed by atoms with Crippen LogP contribution in [0.15, 0.2) is 106 Å². The Labute approximate surface area is 301 Å². The van der Waals surface area contributed by atoms with Crippen molar-refractivity contribution in [3.8, 4) is 46.3 Å². The lowest BCUT2D eigenvalue weighted by Gasteiger charge is -2.08. The van der Waals surface area contributed by atoms with E-state index in [0.29, 0.717) is 11.5 Å². The first-order valence-electron chi connectivity index (χ1n) is 15.9. The molecule has 0 bridgehead atoms. The van der Waals surface area contributed by atoms with Gasteiger partial charge in [0, 0.05) is 32.4 Å². The number of fused-ring (bicyclic) bond motifs is 3. The molecular formula is C42H36O6S2. The van der Waals surface area contributed by atoms with Crippen molar-refractivity contribution in [3.63, 3.8) is 0 Å². The SMILES string of the molecule is CC(C#Cc1ccc2c(c1)Cc1cc(C#CC=CCSc3ccc(OCC(=O)O)c(C)c3)ccc1-2)=CCSc1ccc(OCC(=O)O)c(C)c1. The summed E-state index contributed by atoms with van der Waals surface area (Å²) in [5.74, 6) is 13.7. The summed E-state index contributed by atoms with van der Waals surface area (Å²) in [5, 5.41) is 17.6. The quantitative estimate of drug-likeness (QED) is 0.0988. The summed E-state index contributed by atoms with van der Waals surface area (Å²) in [6.07, 6.45) is 6.88. The topological polar surface area (TPSA) is 93.1 Å². The molecule has 0 unspecified atom stereocenters. The molecule has 8 heteroatoms. The fourth-order valence-electron chi connectivity index (χ4n) is 5.25. The third-order valence-corrected chi connectivity index (χ3v) is 9.55. The molecule has 4 aromatic carbocycles. The van der Waals surface area contributed by atoms with E-state index in [4.69, 9.17) is 19.7 Å². The Kier molecular flexibility index (Phi) is 12.5. The first kappa shape index (κ1) is 36.0. The van der Waals surface area contributed by atoms with Gasteiger partial charge in [-0.05, 0) is 133 Å². The highest BCUT2D eigenvalue weighted by atomic mass is 32.2. The van der Waals surface area contributed by atoms with Crippen LogP contribution in [0.25, 0.3) is 11.1 Å². The largest absolute Gasteiger partial charge is 0.482 e. The first-order valence-corrected chi connectivity index (χ1v) is 17.9. The van der Waals surface area contributed by atoms with Crippen molar-refractivity contribution in [2.45, 2.75) is 37.0 Å². The Morgan fingerprint density at radius 1 is 0.740 bits per heavy atom. The van der Waals surface area contributed by atoms with E-state index in [1.165, 1.54) is 22.3 Å². The number of ether oxygens (including phenoxy) is 2. The third-order valence-electron chi connectivity index (χ3n) is 7.68. The molecule has 1 aliphatic rings. The molecule has 0 spiro atoms. The molecule has 0 heterocycles. The summed E-state index contributed by atoms with van der Waals surface area (Å²) in [7, 11) is 0. The van der Waals surface area contributed by atoms with Crippen molar-refractivity contribution in [1.29, 1.82) is 0 Å². The van der Waals surface area contributed by atoms with Crippen LogP contribution >= 0.6 is 23.5 Å². The van der Waals surface area contributed by atoms with Gasteiger partial charge >= 0.3 is 11.9 Å². The van der Waals surface area contributed by atoms with Gasteiger partial charge in [-0.2, -0.15) is 0 Å². The van der Waals surface area contributed by atoms with E-state index in [1.54, 1.807) is 29.6 Å². The highest BCUT2D eigenvalue weighted by Gasteiger charge is 2.18. The van der Waals surface area contributed by atoms with Gasteiger partial charge in [-0.25, -0.2) is 9.59 Å². The van der Waals surface area contributed by atoms with E-state index >= 15 is 0 Å². The third kappa shape index (κ3) is 10.4. The summed E-state index contributed by atoms with van der Waals surface area (Å²) in [5.41, 5.74) is 9.82. The second-order valence-corrected chi connectivity index (χ2v) is 13.8. The van der Waals surface area contributed by atoms with Crippen molar-refractivity contribution in [2.75, 3.05) is 24.7 Å². The average molecular weight is 701 g/mol. The van der Waals surface area contributed by atoms with Crippen LogP contribution < -0.4 is 9.47 Å². The highest BCUT2D eigenvalue weighted by molar-refractivity contribution is 7.99. The Bertz CT molecular complexity index is 2110. The Morgan fingerprint density at radius 2 is 1.28 bits per heavy atom. The molecule has 5 rings (SSSR count). The normalized spacial score (nSPS) is 11.5. The monoisotopic (exact) mass is 700 g/mol. The van der Waals surface area contributed by atoms with Crippen molar-refractivity contribution >= 4 is 35.5 Å². The standard InChI is InChI=1S/C42H36O6S2/c1-28(18-20-50-36-13-17-40(30(3)22-36)48-27-42(45)46)8-9-32-11-15-38-34(24-32)25-33-23-31(10-14-37(33)38)7-5-4-6-19-49-35-12-16-39(29(2)21-35)47-26-41(43)44/h4,6,10-18,21-24H,19-20,25-27H2,1-3H3,(H,43,44)(H,45,46). The zero-order valence-electron chi connectivity index (χ0n) is 28.0. The molecule has 0 aromatic heterocycles. The minimum absolute atomic E-state index is 0.349. The maximum Gasteiger partial charge on any atom is 0.341 e. The van der Waals surface area contributed by atoms with Crippen LogP contribution in [-0.4, -0.2) is 46.9 Å². The summed E-state index contributed by atoms with van der Waals surface area (Å²) in [6, 6.07) is 24.3. The van der Waals surface area contributed by atoms with Gasteiger partial charge in [0.05, 0.1) is 0 Å². The number of hydrogen-bond acceptors (Lipinski definition) is 6. The van der Waals surface area contributed by atoms with Gasteiger partial charge in [0.25, 0.3) is 0 Å². The van der Waals surface area contributed by atoms with Gasteiger partial charge in [0.2, 0.25) is 0 Å². The first-order chi connectivity index (χ1) is 24.1. The zero-order valence-corrected chi connectivity index (χ0v) is 29.7. The van der Waals surface area contributed by atoms with Crippen molar-refractivity contribution in [2.24, 2.45) is 0 Å². The summed E-state index contributed by atoms with van der Waals surface area (Å²) in [4.78, 5) is 23.7. The van der Waals surface area contributed by atoms with E-state index in [2.05, 4.69) is 66.2 Å². The zero-order chi connectivity index (χ0) is 35.5.